The van der Waals surface area contributed by atoms with E-state index < -0.39 is 11.9 Å². The normalized spacial score (nSPS) is 10.5. The van der Waals surface area contributed by atoms with Crippen molar-refractivity contribution < 1.29 is 19.1 Å². The maximum atomic E-state index is 12.0. The molecule has 1 aromatic heterocycles. The highest BCUT2D eigenvalue weighted by Crippen LogP contribution is 2.22. The van der Waals surface area contributed by atoms with E-state index in [1.54, 1.807) is 28.9 Å². The number of amides is 1. The smallest absolute Gasteiger partial charge is 0.306 e. The minimum absolute atomic E-state index is 0.201. The van der Waals surface area contributed by atoms with Crippen LogP contribution in [0.25, 0.3) is 0 Å². The van der Waals surface area contributed by atoms with Gasteiger partial charge in [-0.15, -0.1) is 0 Å². The minimum Gasteiger partial charge on any atom is -0.457 e. The first kappa shape index (κ1) is 21.1. The summed E-state index contributed by atoms with van der Waals surface area (Å²) in [5.41, 5.74) is 3.56. The van der Waals surface area contributed by atoms with Crippen molar-refractivity contribution in [3.05, 3.63) is 71.5 Å². The fourth-order valence-corrected chi connectivity index (χ4v) is 3.05. The van der Waals surface area contributed by atoms with E-state index in [1.807, 2.05) is 51.2 Å². The van der Waals surface area contributed by atoms with E-state index in [-0.39, 0.29) is 13.0 Å². The molecule has 0 saturated carbocycles. The number of benzene rings is 2. The van der Waals surface area contributed by atoms with Gasteiger partial charge >= 0.3 is 5.97 Å². The van der Waals surface area contributed by atoms with Gasteiger partial charge in [0.25, 0.3) is 5.91 Å². The number of para-hydroxylation sites is 1. The van der Waals surface area contributed by atoms with Gasteiger partial charge in [0, 0.05) is 24.8 Å². The van der Waals surface area contributed by atoms with Gasteiger partial charge in [-0.05, 0) is 62.2 Å². The molecule has 0 radical (unpaired) electrons. The Morgan fingerprint density at radius 1 is 1.00 bits per heavy atom. The van der Waals surface area contributed by atoms with Crippen LogP contribution in [-0.2, 0) is 27.8 Å². The maximum Gasteiger partial charge on any atom is 0.306 e. The van der Waals surface area contributed by atoms with E-state index in [2.05, 4.69) is 10.4 Å². The van der Waals surface area contributed by atoms with Crippen molar-refractivity contribution in [1.82, 2.24) is 9.78 Å². The number of carbonyl (C=O) groups excluding carboxylic acids is 2. The summed E-state index contributed by atoms with van der Waals surface area (Å²) in [6, 6.07) is 16.4. The number of nitrogens with one attached hydrogen (secondary N) is 1. The molecule has 0 atom stereocenters. The lowest BCUT2D eigenvalue weighted by Crippen LogP contribution is -2.21. The van der Waals surface area contributed by atoms with Crippen LogP contribution in [-0.4, -0.2) is 28.3 Å². The summed E-state index contributed by atoms with van der Waals surface area (Å²) in [6.07, 6.45) is 0.737. The largest absolute Gasteiger partial charge is 0.457 e. The molecule has 1 heterocycles. The van der Waals surface area contributed by atoms with Gasteiger partial charge in [0.15, 0.2) is 6.61 Å². The Labute approximate surface area is 175 Å². The number of nitrogens with zero attached hydrogens (tertiary/aromatic N) is 2. The van der Waals surface area contributed by atoms with E-state index >= 15 is 0 Å². The highest BCUT2D eigenvalue weighted by Gasteiger charge is 2.13. The summed E-state index contributed by atoms with van der Waals surface area (Å²) >= 11 is 0. The third-order valence-corrected chi connectivity index (χ3v) is 4.72. The average molecular weight is 407 g/mol. The Morgan fingerprint density at radius 3 is 2.30 bits per heavy atom. The molecule has 0 aliphatic heterocycles. The third kappa shape index (κ3) is 5.70. The standard InChI is InChI=1S/C23H25N3O4/c1-16-21(17(2)26(3)25-16)13-14-23(28)29-15-22(27)24-18-9-11-20(12-10-18)30-19-7-5-4-6-8-19/h4-12H,13-15H2,1-3H3,(H,24,27). The molecular formula is C23H25N3O4. The molecule has 3 rings (SSSR count). The Hall–Kier alpha value is -3.61. The van der Waals surface area contributed by atoms with E-state index in [0.717, 1.165) is 22.7 Å². The zero-order valence-electron chi connectivity index (χ0n) is 17.3. The van der Waals surface area contributed by atoms with E-state index in [1.165, 1.54) is 0 Å². The molecule has 1 amide bonds. The van der Waals surface area contributed by atoms with Gasteiger partial charge in [-0.25, -0.2) is 0 Å². The monoisotopic (exact) mass is 407 g/mol. The number of rotatable bonds is 8. The molecule has 7 heteroatoms. The zero-order valence-corrected chi connectivity index (χ0v) is 17.3. The summed E-state index contributed by atoms with van der Waals surface area (Å²) in [4.78, 5) is 24.0. The molecule has 3 aromatic rings. The van der Waals surface area contributed by atoms with Crippen LogP contribution in [0.2, 0.25) is 0 Å². The summed E-state index contributed by atoms with van der Waals surface area (Å²) < 4.78 is 12.6. The summed E-state index contributed by atoms with van der Waals surface area (Å²) in [7, 11) is 1.87. The SMILES string of the molecule is Cc1nn(C)c(C)c1CCC(=O)OCC(=O)Nc1ccc(Oc2ccccc2)cc1. The Morgan fingerprint density at radius 2 is 1.67 bits per heavy atom. The van der Waals surface area contributed by atoms with Crippen molar-refractivity contribution in [2.75, 3.05) is 11.9 Å². The van der Waals surface area contributed by atoms with Gasteiger partial charge in [-0.2, -0.15) is 5.10 Å². The second-order valence-electron chi connectivity index (χ2n) is 6.92. The van der Waals surface area contributed by atoms with Crippen molar-refractivity contribution in [3.63, 3.8) is 0 Å². The first-order chi connectivity index (χ1) is 14.4. The van der Waals surface area contributed by atoms with Crippen LogP contribution in [0.1, 0.15) is 23.4 Å². The number of hydrogen-bond acceptors (Lipinski definition) is 5. The molecule has 0 spiro atoms. The number of esters is 1. The molecule has 1 N–H and O–H groups in total. The predicted molar refractivity (Wildman–Crippen MR) is 114 cm³/mol. The number of anilines is 1. The van der Waals surface area contributed by atoms with Crippen LogP contribution in [0.15, 0.2) is 54.6 Å². The number of ether oxygens (including phenoxy) is 2. The van der Waals surface area contributed by atoms with Crippen molar-refractivity contribution in [3.8, 4) is 11.5 Å². The molecular weight excluding hydrogens is 382 g/mol. The van der Waals surface area contributed by atoms with Crippen LogP contribution in [0, 0.1) is 13.8 Å². The Balaban J connectivity index is 1.42. The maximum absolute atomic E-state index is 12.0. The fourth-order valence-electron chi connectivity index (χ4n) is 3.05. The molecule has 0 aliphatic rings. The van der Waals surface area contributed by atoms with Gasteiger partial charge < -0.3 is 14.8 Å². The lowest BCUT2D eigenvalue weighted by atomic mass is 10.1. The van der Waals surface area contributed by atoms with E-state index in [9.17, 15) is 9.59 Å². The molecule has 156 valence electrons. The van der Waals surface area contributed by atoms with Gasteiger partial charge in [0.05, 0.1) is 5.69 Å². The van der Waals surface area contributed by atoms with E-state index in [0.29, 0.717) is 17.9 Å². The summed E-state index contributed by atoms with van der Waals surface area (Å²) in [5.74, 6) is 0.581. The summed E-state index contributed by atoms with van der Waals surface area (Å²) in [6.45, 7) is 3.55. The quantitative estimate of drug-likeness (QED) is 0.572. The van der Waals surface area contributed by atoms with E-state index in [4.69, 9.17) is 9.47 Å². The lowest BCUT2D eigenvalue weighted by molar-refractivity contribution is -0.147. The predicted octanol–water partition coefficient (Wildman–Crippen LogP) is 3.94. The Kier molecular flexibility index (Phi) is 6.85. The second-order valence-corrected chi connectivity index (χ2v) is 6.92. The van der Waals surface area contributed by atoms with Crippen LogP contribution in [0.3, 0.4) is 0 Å². The number of hydrogen-bond donors (Lipinski definition) is 1. The number of aromatic nitrogens is 2. The van der Waals surface area contributed by atoms with Gasteiger partial charge in [-0.3, -0.25) is 14.3 Å². The highest BCUT2D eigenvalue weighted by atomic mass is 16.5. The Bertz CT molecular complexity index is 1010. The van der Waals surface area contributed by atoms with Crippen LogP contribution in [0.4, 0.5) is 5.69 Å². The molecule has 30 heavy (non-hydrogen) atoms. The van der Waals surface area contributed by atoms with Crippen molar-refractivity contribution in [1.29, 1.82) is 0 Å². The molecule has 7 nitrogen and oxygen atoms in total. The molecule has 0 unspecified atom stereocenters. The molecule has 0 fully saturated rings. The summed E-state index contributed by atoms with van der Waals surface area (Å²) in [5, 5.41) is 7.03. The third-order valence-electron chi connectivity index (χ3n) is 4.72. The van der Waals surface area contributed by atoms with Crippen LogP contribution in [0.5, 0.6) is 11.5 Å². The lowest BCUT2D eigenvalue weighted by Gasteiger charge is -2.09. The molecule has 0 saturated heterocycles. The van der Waals surface area contributed by atoms with Gasteiger partial charge in [0.1, 0.15) is 11.5 Å². The first-order valence-electron chi connectivity index (χ1n) is 9.70. The first-order valence-corrected chi connectivity index (χ1v) is 9.70. The van der Waals surface area contributed by atoms with Gasteiger partial charge in [0.2, 0.25) is 0 Å². The van der Waals surface area contributed by atoms with Gasteiger partial charge in [-0.1, -0.05) is 18.2 Å². The molecule has 2 aromatic carbocycles. The fraction of sp³-hybridized carbons (Fsp3) is 0.261. The number of carbonyl (C=O) groups is 2. The molecule has 0 bridgehead atoms. The van der Waals surface area contributed by atoms with Crippen molar-refractivity contribution in [2.24, 2.45) is 7.05 Å². The zero-order chi connectivity index (χ0) is 21.5. The number of aryl methyl sites for hydroxylation is 2. The topological polar surface area (TPSA) is 82.5 Å². The molecule has 0 aliphatic carbocycles. The minimum atomic E-state index is -0.417. The average Bonchev–Trinajstić information content (AvgIpc) is 2.98. The van der Waals surface area contributed by atoms with Crippen molar-refractivity contribution >= 4 is 17.6 Å². The van der Waals surface area contributed by atoms with Crippen LogP contribution >= 0.6 is 0 Å². The second kappa shape index (κ2) is 9.73. The van der Waals surface area contributed by atoms with Crippen LogP contribution < -0.4 is 10.1 Å². The highest BCUT2D eigenvalue weighted by molar-refractivity contribution is 5.92. The van der Waals surface area contributed by atoms with Crippen molar-refractivity contribution in [2.45, 2.75) is 26.7 Å².